The lowest BCUT2D eigenvalue weighted by Crippen LogP contribution is -1.95. The van der Waals surface area contributed by atoms with Gasteiger partial charge in [0.2, 0.25) is 0 Å². The van der Waals surface area contributed by atoms with Gasteiger partial charge >= 0.3 is 10.4 Å². The highest BCUT2D eigenvalue weighted by Gasteiger charge is 1.84. The molecule has 8 nitrogen and oxygen atoms in total. The summed E-state index contributed by atoms with van der Waals surface area (Å²) in [5.41, 5.74) is 0. The zero-order valence-electron chi connectivity index (χ0n) is 8.50. The van der Waals surface area contributed by atoms with E-state index in [9.17, 15) is 0 Å². The Hall–Kier alpha value is -0.550. The summed E-state index contributed by atoms with van der Waals surface area (Å²) in [5, 5.41) is 8.26. The average molecular weight is 248 g/mol. The molecule has 0 saturated heterocycles. The van der Waals surface area contributed by atoms with Crippen LogP contribution in [0.5, 0.6) is 0 Å². The number of ether oxygens (including phenoxy) is 1. The summed E-state index contributed by atoms with van der Waals surface area (Å²) >= 11 is 0. The Morgan fingerprint density at radius 1 is 1.27 bits per heavy atom. The minimum Gasteiger partial charge on any atom is -0.396 e. The summed E-state index contributed by atoms with van der Waals surface area (Å²) in [5.74, 6) is 0. The molecular formula is C6H20N2O6S. The van der Waals surface area contributed by atoms with Crippen LogP contribution >= 0.6 is 0 Å². The van der Waals surface area contributed by atoms with Crippen molar-refractivity contribution < 1.29 is 27.4 Å². The maximum Gasteiger partial charge on any atom is 0.394 e. The second-order valence-electron chi connectivity index (χ2n) is 1.89. The number of rotatable bonds is 5. The maximum atomic E-state index is 8.74. The van der Waals surface area contributed by atoms with Crippen LogP contribution in [-0.2, 0) is 15.1 Å². The van der Waals surface area contributed by atoms with Crippen LogP contribution in [-0.4, -0.2) is 42.5 Å². The number of aliphatic hydroxyl groups is 1. The molecule has 0 aliphatic rings. The lowest BCUT2D eigenvalue weighted by Gasteiger charge is -1.95. The highest BCUT2D eigenvalue weighted by Crippen LogP contribution is 1.79. The molecule has 0 bridgehead atoms. The number of hydrogen-bond acceptors (Lipinski definition) is 6. The Bertz CT molecular complexity index is 198. The molecule has 0 aromatic rings. The lowest BCUT2D eigenvalue weighted by molar-refractivity contribution is 0.139. The van der Waals surface area contributed by atoms with Gasteiger partial charge in [-0.2, -0.15) is 8.42 Å². The van der Waals surface area contributed by atoms with Gasteiger partial charge in [0, 0.05) is 13.2 Å². The van der Waals surface area contributed by atoms with E-state index in [1.165, 1.54) is 0 Å². The van der Waals surface area contributed by atoms with Crippen LogP contribution in [0.3, 0.4) is 0 Å². The fourth-order valence-electron chi connectivity index (χ4n) is 0.333. The molecule has 0 aromatic carbocycles. The molecule has 0 atom stereocenters. The molecule has 0 spiro atoms. The summed E-state index contributed by atoms with van der Waals surface area (Å²) in [7, 11) is -4.67. The Morgan fingerprint density at radius 3 is 1.93 bits per heavy atom. The minimum absolute atomic E-state index is 0. The first-order valence-corrected chi connectivity index (χ1v) is 4.81. The molecule has 96 valence electrons. The zero-order chi connectivity index (χ0) is 10.7. The molecule has 0 amide bonds. The van der Waals surface area contributed by atoms with E-state index in [0.717, 1.165) is 0 Å². The highest BCUT2D eigenvalue weighted by molar-refractivity contribution is 7.79. The predicted octanol–water partition coefficient (Wildman–Crippen LogP) is 0.243. The Kier molecular flexibility index (Phi) is 25.4. The molecule has 0 radical (unpaired) electrons. The summed E-state index contributed by atoms with van der Waals surface area (Å²) in [6.45, 7) is 4.89. The molecule has 9 heteroatoms. The Labute approximate surface area is 89.7 Å². The Morgan fingerprint density at radius 2 is 1.67 bits per heavy atom. The highest BCUT2D eigenvalue weighted by atomic mass is 32.3. The fraction of sp³-hybridized carbons (Fsp3) is 0.667. The van der Waals surface area contributed by atoms with E-state index in [1.807, 2.05) is 0 Å². The van der Waals surface area contributed by atoms with E-state index in [2.05, 4.69) is 6.58 Å². The molecule has 0 unspecified atom stereocenters. The van der Waals surface area contributed by atoms with E-state index < -0.39 is 10.4 Å². The van der Waals surface area contributed by atoms with Crippen LogP contribution in [0.15, 0.2) is 12.7 Å². The van der Waals surface area contributed by atoms with Gasteiger partial charge in [0.15, 0.2) is 0 Å². The van der Waals surface area contributed by atoms with Gasteiger partial charge in [0.25, 0.3) is 0 Å². The van der Waals surface area contributed by atoms with Crippen molar-refractivity contribution in [3.63, 3.8) is 0 Å². The second-order valence-corrected chi connectivity index (χ2v) is 2.78. The molecule has 0 aromatic heterocycles. The van der Waals surface area contributed by atoms with Crippen molar-refractivity contribution >= 4 is 10.4 Å². The van der Waals surface area contributed by atoms with Crippen LogP contribution in [0.25, 0.3) is 0 Å². The quantitative estimate of drug-likeness (QED) is 0.261. The molecule has 9 N–H and O–H groups in total. The van der Waals surface area contributed by atoms with Crippen LogP contribution < -0.4 is 12.3 Å². The van der Waals surface area contributed by atoms with Gasteiger partial charge < -0.3 is 22.1 Å². The molecule has 0 rings (SSSR count). The van der Waals surface area contributed by atoms with Gasteiger partial charge in [-0.1, -0.05) is 6.08 Å². The molecule has 0 aliphatic heterocycles. The fourth-order valence-corrected chi connectivity index (χ4v) is 0.333. The van der Waals surface area contributed by atoms with Gasteiger partial charge in [-0.3, -0.25) is 9.11 Å². The van der Waals surface area contributed by atoms with E-state index in [1.54, 1.807) is 6.08 Å². The first kappa shape index (κ1) is 23.9. The van der Waals surface area contributed by atoms with Gasteiger partial charge in [-0.25, -0.2) is 0 Å². The minimum atomic E-state index is -4.67. The Balaban J connectivity index is -0.0000000770. The van der Waals surface area contributed by atoms with Gasteiger partial charge in [0.05, 0.1) is 6.61 Å². The lowest BCUT2D eigenvalue weighted by atomic mass is 10.5. The van der Waals surface area contributed by atoms with Crippen LogP contribution in [0.2, 0.25) is 0 Å². The second kappa shape index (κ2) is 15.9. The third-order valence-electron chi connectivity index (χ3n) is 0.682. The topological polar surface area (TPSA) is 174 Å². The van der Waals surface area contributed by atoms with Gasteiger partial charge in [-0.15, -0.1) is 6.58 Å². The smallest absolute Gasteiger partial charge is 0.394 e. The monoisotopic (exact) mass is 248 g/mol. The van der Waals surface area contributed by atoms with Gasteiger partial charge in [0.1, 0.15) is 0 Å². The summed E-state index contributed by atoms with van der Waals surface area (Å²) in [4.78, 5) is 0. The predicted molar refractivity (Wildman–Crippen MR) is 56.9 cm³/mol. The van der Waals surface area contributed by atoms with Crippen molar-refractivity contribution in [2.75, 3.05) is 19.8 Å². The van der Waals surface area contributed by atoms with Crippen molar-refractivity contribution in [2.24, 2.45) is 0 Å². The van der Waals surface area contributed by atoms with Crippen molar-refractivity contribution in [2.45, 2.75) is 6.42 Å². The van der Waals surface area contributed by atoms with E-state index >= 15 is 0 Å². The largest absolute Gasteiger partial charge is 0.396 e. The molecule has 0 fully saturated rings. The first-order chi connectivity index (χ1) is 5.91. The normalized spacial score (nSPS) is 8.73. The standard InChI is InChI=1S/C6H12O2.2H3N.H2O4S/c1-2-5-8-6-3-4-7;;;1-5(2,3)4/h2,7H,1,3-6H2;2*1H3;(H2,1,2,3,4). The molecular weight excluding hydrogens is 228 g/mol. The summed E-state index contributed by atoms with van der Waals surface area (Å²) in [6.07, 6.45) is 2.41. The number of aliphatic hydroxyl groups excluding tert-OH is 1. The summed E-state index contributed by atoms with van der Waals surface area (Å²) in [6, 6.07) is 0. The number of hydrogen-bond donors (Lipinski definition) is 5. The van der Waals surface area contributed by atoms with Gasteiger partial charge in [-0.05, 0) is 6.42 Å². The van der Waals surface area contributed by atoms with Crippen LogP contribution in [0, 0.1) is 0 Å². The van der Waals surface area contributed by atoms with Crippen molar-refractivity contribution in [3.8, 4) is 0 Å². The van der Waals surface area contributed by atoms with Crippen LogP contribution in [0.1, 0.15) is 6.42 Å². The molecule has 15 heavy (non-hydrogen) atoms. The molecule has 0 aliphatic carbocycles. The average Bonchev–Trinajstić information content (AvgIpc) is 1.95. The third kappa shape index (κ3) is 89.0. The van der Waals surface area contributed by atoms with E-state index in [4.69, 9.17) is 27.4 Å². The third-order valence-corrected chi connectivity index (χ3v) is 0.682. The van der Waals surface area contributed by atoms with Crippen molar-refractivity contribution in [1.29, 1.82) is 0 Å². The van der Waals surface area contributed by atoms with Crippen molar-refractivity contribution in [3.05, 3.63) is 12.7 Å². The molecule has 0 heterocycles. The van der Waals surface area contributed by atoms with E-state index in [0.29, 0.717) is 19.6 Å². The van der Waals surface area contributed by atoms with E-state index in [-0.39, 0.29) is 18.9 Å². The summed E-state index contributed by atoms with van der Waals surface area (Å²) < 4.78 is 36.5. The SMILES string of the molecule is C=CCOCCCO.N.N.O=S(=O)(O)O. The maximum absolute atomic E-state index is 8.74. The zero-order valence-corrected chi connectivity index (χ0v) is 9.32. The van der Waals surface area contributed by atoms with Crippen LogP contribution in [0.4, 0.5) is 0 Å². The first-order valence-electron chi connectivity index (χ1n) is 3.41. The molecule has 0 saturated carbocycles. The van der Waals surface area contributed by atoms with Crippen molar-refractivity contribution in [1.82, 2.24) is 12.3 Å².